The summed E-state index contributed by atoms with van der Waals surface area (Å²) in [6.07, 6.45) is -9.59. The summed E-state index contributed by atoms with van der Waals surface area (Å²) in [4.78, 5) is 0. The number of aryl methyl sites for hydroxylation is 1. The van der Waals surface area contributed by atoms with Crippen LogP contribution in [0.4, 0.5) is 0 Å². The Bertz CT molecular complexity index is 510. The second kappa shape index (κ2) is 1.97. The minimum Gasteiger partial charge on any atom is -0.539 e. The first kappa shape index (κ1) is 1.75. The van der Waals surface area contributed by atoms with Crippen LogP contribution in [0.3, 0.4) is 0 Å². The molecule has 0 aliphatic carbocycles. The van der Waals surface area contributed by atoms with Crippen LogP contribution in [0.25, 0.3) is 0 Å². The number of hydrogen-bond donors (Lipinski definition) is 0. The van der Waals surface area contributed by atoms with E-state index in [2.05, 4.69) is 9.79 Å². The van der Waals surface area contributed by atoms with Crippen molar-refractivity contribution < 1.29 is 25.3 Å². The Labute approximate surface area is 69.3 Å². The molecular formula is C6H8N2O2. The zero-order chi connectivity index (χ0) is 14.1. The number of aromatic nitrogens is 2. The Hall–Kier alpha value is -1.06. The van der Waals surface area contributed by atoms with E-state index in [9.17, 15) is 5.11 Å². The van der Waals surface area contributed by atoms with Gasteiger partial charge in [-0.2, -0.15) is 0 Å². The van der Waals surface area contributed by atoms with Gasteiger partial charge in [0.05, 0.1) is 5.27 Å². The average molecular weight is 148 g/mol. The molecule has 2 rings (SSSR count). The lowest BCUT2D eigenvalue weighted by Crippen LogP contribution is -2.42. The fourth-order valence-corrected chi connectivity index (χ4v) is 0.600. The summed E-state index contributed by atoms with van der Waals surface area (Å²) in [6.45, 7) is -3.05. The average Bonchev–Trinajstić information content (AvgIpc) is 2.58. The lowest BCUT2D eigenvalue weighted by atomic mass is 10.1. The van der Waals surface area contributed by atoms with E-state index in [0.717, 1.165) is 0 Å². The molecule has 1 aromatic heterocycles. The first-order valence-electron chi connectivity index (χ1n) is 6.49. The van der Waals surface area contributed by atoms with Crippen molar-refractivity contribution in [3.05, 3.63) is 5.69 Å². The highest BCUT2D eigenvalue weighted by molar-refractivity contribution is 5.03. The third kappa shape index (κ3) is 0.683. The molecule has 0 spiro atoms. The van der Waals surface area contributed by atoms with E-state index < -0.39 is 37.3 Å². The van der Waals surface area contributed by atoms with Crippen molar-refractivity contribution in [3.63, 3.8) is 0 Å². The molecule has 0 saturated heterocycles. The van der Waals surface area contributed by atoms with Gasteiger partial charge in [-0.3, -0.25) is 0 Å². The maximum absolute atomic E-state index is 11.3. The third-order valence-electron chi connectivity index (χ3n) is 1.02. The van der Waals surface area contributed by atoms with E-state index in [1.165, 1.54) is 0 Å². The standard InChI is InChI=1S/C6H8N2O2/c9-6-5-3-1-2-4-8(5)7-10-6/h1-4H2/i1D2,2D2,3D2,4D2. The SMILES string of the molecule is [2H]C1([2H])c2c([O-])on[n+]2C([2H])([2H])C([2H])([2H])C1([2H])[2H]. The molecule has 0 fully saturated rings. The van der Waals surface area contributed by atoms with Crippen LogP contribution < -0.4 is 9.79 Å². The lowest BCUT2D eigenvalue weighted by molar-refractivity contribution is -0.772. The van der Waals surface area contributed by atoms with Crippen molar-refractivity contribution in [2.24, 2.45) is 0 Å². The van der Waals surface area contributed by atoms with Gasteiger partial charge in [0, 0.05) is 21.0 Å². The predicted octanol–water partition coefficient (Wildman–Crippen LogP) is -0.628. The zero-order valence-corrected chi connectivity index (χ0v) is 4.71. The molecule has 0 saturated carbocycles. The fourth-order valence-electron chi connectivity index (χ4n) is 0.600. The van der Waals surface area contributed by atoms with Crippen molar-refractivity contribution >= 4 is 0 Å². The van der Waals surface area contributed by atoms with Crippen LogP contribution >= 0.6 is 0 Å². The molecule has 0 amide bonds. The summed E-state index contributed by atoms with van der Waals surface area (Å²) < 4.78 is 64.5. The molecule has 0 N–H and O–H groups in total. The van der Waals surface area contributed by atoms with Crippen LogP contribution in [0.5, 0.6) is 5.95 Å². The summed E-state index contributed by atoms with van der Waals surface area (Å²) >= 11 is 0. The van der Waals surface area contributed by atoms with Gasteiger partial charge in [0.15, 0.2) is 12.4 Å². The number of rotatable bonds is 0. The monoisotopic (exact) mass is 148 g/mol. The molecule has 1 aliphatic rings. The number of nitrogens with zero attached hydrogens (tertiary/aromatic N) is 2. The smallest absolute Gasteiger partial charge is 0.233 e. The van der Waals surface area contributed by atoms with E-state index >= 15 is 0 Å². The van der Waals surface area contributed by atoms with Crippen molar-refractivity contribution in [2.75, 3.05) is 0 Å². The predicted molar refractivity (Wildman–Crippen MR) is 29.1 cm³/mol. The van der Waals surface area contributed by atoms with E-state index in [4.69, 9.17) is 11.0 Å². The molecule has 0 aromatic carbocycles. The maximum atomic E-state index is 11.3. The number of hydrogen-bond acceptors (Lipinski definition) is 3. The second-order valence-electron chi connectivity index (χ2n) is 1.61. The molecular weight excluding hydrogens is 132 g/mol. The lowest BCUT2D eigenvalue weighted by Gasteiger charge is -2.02. The van der Waals surface area contributed by atoms with Crippen molar-refractivity contribution in [2.45, 2.75) is 25.6 Å². The van der Waals surface area contributed by atoms with Gasteiger partial charge in [-0.15, -0.1) is 0 Å². The minimum atomic E-state index is -3.27. The Balaban J connectivity index is 2.88. The molecule has 1 aromatic rings. The van der Waals surface area contributed by atoms with Crippen LogP contribution in [-0.2, 0) is 12.9 Å². The Morgan fingerprint density at radius 2 is 2.60 bits per heavy atom. The van der Waals surface area contributed by atoms with Gasteiger partial charge in [0.25, 0.3) is 0 Å². The molecule has 2 heterocycles. The summed E-state index contributed by atoms with van der Waals surface area (Å²) in [5, 5.41) is 14.3. The molecule has 0 atom stereocenters. The van der Waals surface area contributed by atoms with Gasteiger partial charge in [-0.1, -0.05) is 4.68 Å². The van der Waals surface area contributed by atoms with Gasteiger partial charge in [0.2, 0.25) is 5.69 Å². The number of fused-ring (bicyclic) bond motifs is 1. The molecule has 0 unspecified atom stereocenters. The van der Waals surface area contributed by atoms with E-state index in [1.54, 1.807) is 0 Å². The van der Waals surface area contributed by atoms with Crippen LogP contribution in [0, 0.1) is 0 Å². The zero-order valence-electron chi connectivity index (χ0n) is 12.7. The third-order valence-corrected chi connectivity index (χ3v) is 1.02. The van der Waals surface area contributed by atoms with Gasteiger partial charge in [-0.05, 0) is 6.37 Å². The molecule has 0 radical (unpaired) electrons. The van der Waals surface area contributed by atoms with E-state index in [1.807, 2.05) is 0 Å². The molecule has 0 bridgehead atoms. The summed E-state index contributed by atoms with van der Waals surface area (Å²) in [7, 11) is 0. The van der Waals surface area contributed by atoms with Crippen molar-refractivity contribution in [1.82, 2.24) is 5.27 Å². The normalized spacial score (nSPS) is 48.8. The summed E-state index contributed by atoms with van der Waals surface area (Å²) in [5.41, 5.74) is -0.979. The quantitative estimate of drug-likeness (QED) is 0.460. The fraction of sp³-hybridized carbons (Fsp3) is 0.667. The Morgan fingerprint density at radius 1 is 1.70 bits per heavy atom. The molecule has 54 valence electrons. The largest absolute Gasteiger partial charge is 0.539 e. The molecule has 4 heteroatoms. The highest BCUT2D eigenvalue weighted by Gasteiger charge is 2.20. The second-order valence-corrected chi connectivity index (χ2v) is 1.61. The Kier molecular flexibility index (Phi) is 0.345. The first-order valence-corrected chi connectivity index (χ1v) is 2.49. The van der Waals surface area contributed by atoms with Crippen LogP contribution in [0.2, 0.25) is 0 Å². The van der Waals surface area contributed by atoms with Crippen LogP contribution in [0.1, 0.15) is 29.4 Å². The summed E-state index contributed by atoms with van der Waals surface area (Å²) in [5.74, 6) is -1.33. The highest BCUT2D eigenvalue weighted by Crippen LogP contribution is 2.13. The molecule has 4 nitrogen and oxygen atoms in total. The van der Waals surface area contributed by atoms with E-state index in [-0.39, 0.29) is 4.68 Å². The van der Waals surface area contributed by atoms with E-state index in [0.29, 0.717) is 0 Å². The summed E-state index contributed by atoms with van der Waals surface area (Å²) in [6, 6.07) is 0. The van der Waals surface area contributed by atoms with Gasteiger partial charge < -0.3 is 9.63 Å². The van der Waals surface area contributed by atoms with Crippen LogP contribution in [-0.4, -0.2) is 5.27 Å². The maximum Gasteiger partial charge on any atom is 0.233 e. The van der Waals surface area contributed by atoms with Gasteiger partial charge in [0.1, 0.15) is 2.74 Å². The topological polar surface area (TPSA) is 53.0 Å². The van der Waals surface area contributed by atoms with Crippen molar-refractivity contribution in [3.8, 4) is 5.95 Å². The highest BCUT2D eigenvalue weighted by atomic mass is 16.6. The first-order chi connectivity index (χ1) is 7.89. The van der Waals surface area contributed by atoms with Gasteiger partial charge >= 0.3 is 0 Å². The minimum absolute atomic E-state index is 0.136. The molecule has 10 heavy (non-hydrogen) atoms. The Morgan fingerprint density at radius 3 is 3.50 bits per heavy atom. The van der Waals surface area contributed by atoms with Crippen molar-refractivity contribution in [1.29, 1.82) is 0 Å². The van der Waals surface area contributed by atoms with Gasteiger partial charge in [-0.25, -0.2) is 0 Å². The van der Waals surface area contributed by atoms with Crippen LogP contribution in [0.15, 0.2) is 4.52 Å². The molecule has 1 aliphatic heterocycles.